The third-order valence-electron chi connectivity index (χ3n) is 6.95. The third-order valence-corrected chi connectivity index (χ3v) is 7.16. The van der Waals surface area contributed by atoms with Gasteiger partial charge in [-0.15, -0.1) is 0 Å². The van der Waals surface area contributed by atoms with Crippen molar-refractivity contribution >= 4 is 34.4 Å². The van der Waals surface area contributed by atoms with E-state index in [1.807, 2.05) is 52.9 Å². The molecule has 1 aromatic carbocycles. The molecule has 0 radical (unpaired) electrons. The van der Waals surface area contributed by atoms with Gasteiger partial charge in [-0.1, -0.05) is 17.7 Å². The van der Waals surface area contributed by atoms with E-state index in [0.717, 1.165) is 11.1 Å². The molecule has 1 saturated heterocycles. The number of nitriles is 1. The summed E-state index contributed by atoms with van der Waals surface area (Å²) in [5.74, 6) is 0.431. The summed E-state index contributed by atoms with van der Waals surface area (Å²) < 4.78 is 13.7. The summed E-state index contributed by atoms with van der Waals surface area (Å²) in [6.07, 6.45) is 3.16. The smallest absolute Gasteiger partial charge is 0.410 e. The van der Waals surface area contributed by atoms with Crippen LogP contribution in [0.1, 0.15) is 62.2 Å². The number of carbonyl (C=O) groups excluding carboxylic acids is 1. The normalized spacial score (nSPS) is 14.4. The first-order valence-corrected chi connectivity index (χ1v) is 13.7. The molecule has 1 aliphatic rings. The van der Waals surface area contributed by atoms with Crippen molar-refractivity contribution in [3.8, 4) is 17.4 Å². The van der Waals surface area contributed by atoms with Gasteiger partial charge < -0.3 is 19.4 Å². The number of aromatic nitrogens is 3. The zero-order chi connectivity index (χ0) is 29.6. The number of halogens is 1. The van der Waals surface area contributed by atoms with Crippen molar-refractivity contribution in [2.45, 2.75) is 59.2 Å². The molecular formula is C30H31ClN6O4. The third kappa shape index (κ3) is 5.63. The van der Waals surface area contributed by atoms with Crippen LogP contribution in [0.3, 0.4) is 0 Å². The van der Waals surface area contributed by atoms with Gasteiger partial charge in [0.25, 0.3) is 0 Å². The van der Waals surface area contributed by atoms with Crippen molar-refractivity contribution in [3.05, 3.63) is 74.4 Å². The molecule has 0 spiro atoms. The highest BCUT2D eigenvalue weighted by Gasteiger charge is 2.35. The molecule has 5 rings (SSSR count). The number of likely N-dealkylation sites (tertiary alicyclic amines) is 1. The molecule has 4 aromatic rings. The van der Waals surface area contributed by atoms with Crippen LogP contribution in [-0.2, 0) is 4.74 Å². The maximum absolute atomic E-state index is 13.6. The van der Waals surface area contributed by atoms with Gasteiger partial charge in [0.05, 0.1) is 34.9 Å². The standard InChI is InChI=1S/C30H31ClN6O4/c1-16-9-21(18(3)34-23-7-8-25(31)35-24(23)11-32)28-22(10-16)26(38)17(2)27(40-28)19-12-33-37(13-19)20-14-36(15-20)29(39)41-30(4,5)6/h7-10,12-13,18,20,34H,14-15H2,1-6H3/t18-/m1/s1. The Balaban J connectivity index is 1.46. The summed E-state index contributed by atoms with van der Waals surface area (Å²) in [5, 5.41) is 18.0. The molecule has 212 valence electrons. The number of carbonyl (C=O) groups is 1. The van der Waals surface area contributed by atoms with Crippen molar-refractivity contribution in [2.24, 2.45) is 0 Å². The monoisotopic (exact) mass is 574 g/mol. The zero-order valence-corrected chi connectivity index (χ0v) is 24.5. The molecular weight excluding hydrogens is 544 g/mol. The predicted octanol–water partition coefficient (Wildman–Crippen LogP) is 6.16. The Hall–Kier alpha value is -4.36. The zero-order valence-electron chi connectivity index (χ0n) is 23.8. The highest BCUT2D eigenvalue weighted by molar-refractivity contribution is 6.29. The summed E-state index contributed by atoms with van der Waals surface area (Å²) in [5.41, 5.74) is 3.28. The molecule has 0 unspecified atom stereocenters. The number of anilines is 1. The number of pyridine rings is 1. The van der Waals surface area contributed by atoms with Crippen molar-refractivity contribution in [3.63, 3.8) is 0 Å². The number of fused-ring (bicyclic) bond motifs is 1. The Morgan fingerprint density at radius 3 is 2.68 bits per heavy atom. The number of hydrogen-bond acceptors (Lipinski definition) is 8. The first-order chi connectivity index (χ1) is 19.3. The van der Waals surface area contributed by atoms with Crippen LogP contribution in [0.2, 0.25) is 5.15 Å². The molecule has 41 heavy (non-hydrogen) atoms. The predicted molar refractivity (Wildman–Crippen MR) is 156 cm³/mol. The lowest BCUT2D eigenvalue weighted by Crippen LogP contribution is -2.52. The van der Waals surface area contributed by atoms with Crippen LogP contribution in [-0.4, -0.2) is 44.4 Å². The van der Waals surface area contributed by atoms with E-state index in [2.05, 4.69) is 21.5 Å². The van der Waals surface area contributed by atoms with Gasteiger partial charge in [0.15, 0.2) is 11.1 Å². The number of nitrogens with one attached hydrogen (secondary N) is 1. The summed E-state index contributed by atoms with van der Waals surface area (Å²) in [6.45, 7) is 12.1. The Kier molecular flexibility index (Phi) is 7.26. The molecule has 0 bridgehead atoms. The minimum absolute atomic E-state index is 0.00602. The molecule has 1 N–H and O–H groups in total. The fourth-order valence-electron chi connectivity index (χ4n) is 4.87. The maximum Gasteiger partial charge on any atom is 0.410 e. The van der Waals surface area contributed by atoms with Crippen molar-refractivity contribution in [2.75, 3.05) is 18.4 Å². The van der Waals surface area contributed by atoms with Crippen LogP contribution in [0.5, 0.6) is 0 Å². The van der Waals surface area contributed by atoms with Gasteiger partial charge in [-0.25, -0.2) is 9.78 Å². The maximum atomic E-state index is 13.6. The highest BCUT2D eigenvalue weighted by Crippen LogP contribution is 2.33. The molecule has 3 aromatic heterocycles. The number of aryl methyl sites for hydroxylation is 1. The minimum atomic E-state index is -0.555. The van der Waals surface area contributed by atoms with Crippen LogP contribution in [0.25, 0.3) is 22.3 Å². The molecule has 1 aliphatic heterocycles. The van der Waals surface area contributed by atoms with Gasteiger partial charge in [0.2, 0.25) is 0 Å². The number of nitrogens with zero attached hydrogens (tertiary/aromatic N) is 5. The Labute approximate surface area is 242 Å². The van der Waals surface area contributed by atoms with Gasteiger partial charge in [0.1, 0.15) is 28.2 Å². The SMILES string of the molecule is Cc1cc([C@@H](C)Nc2ccc(Cl)nc2C#N)c2oc(-c3cnn(C4CN(C(=O)OC(C)(C)C)C4)c3)c(C)c(=O)c2c1. The number of rotatable bonds is 5. The van der Waals surface area contributed by atoms with Gasteiger partial charge in [-0.2, -0.15) is 10.4 Å². The Morgan fingerprint density at radius 1 is 1.27 bits per heavy atom. The quantitative estimate of drug-likeness (QED) is 0.281. The van der Waals surface area contributed by atoms with Crippen molar-refractivity contribution in [1.82, 2.24) is 19.7 Å². The van der Waals surface area contributed by atoms with E-state index in [-0.39, 0.29) is 34.5 Å². The summed E-state index contributed by atoms with van der Waals surface area (Å²) in [6, 6.07) is 8.81. The van der Waals surface area contributed by atoms with E-state index in [1.165, 1.54) is 0 Å². The first kappa shape index (κ1) is 28.2. The van der Waals surface area contributed by atoms with E-state index < -0.39 is 5.60 Å². The second-order valence-corrected chi connectivity index (χ2v) is 11.8. The first-order valence-electron chi connectivity index (χ1n) is 13.3. The molecule has 1 fully saturated rings. The molecule has 1 atom stereocenters. The lowest BCUT2D eigenvalue weighted by molar-refractivity contribution is -0.000386. The number of benzene rings is 1. The van der Waals surface area contributed by atoms with Gasteiger partial charge in [0, 0.05) is 30.4 Å². The van der Waals surface area contributed by atoms with Gasteiger partial charge >= 0.3 is 6.09 Å². The second-order valence-electron chi connectivity index (χ2n) is 11.4. The lowest BCUT2D eigenvalue weighted by Gasteiger charge is -2.39. The molecule has 1 amide bonds. The van der Waals surface area contributed by atoms with E-state index >= 15 is 0 Å². The topological polar surface area (TPSA) is 126 Å². The van der Waals surface area contributed by atoms with E-state index in [4.69, 9.17) is 20.8 Å². The molecule has 11 heteroatoms. The largest absolute Gasteiger partial charge is 0.455 e. The minimum Gasteiger partial charge on any atom is -0.455 e. The Bertz CT molecular complexity index is 1760. The van der Waals surface area contributed by atoms with E-state index in [1.54, 1.807) is 34.8 Å². The van der Waals surface area contributed by atoms with Crippen molar-refractivity contribution in [1.29, 1.82) is 5.26 Å². The van der Waals surface area contributed by atoms with Gasteiger partial charge in [-0.3, -0.25) is 9.48 Å². The van der Waals surface area contributed by atoms with E-state index in [0.29, 0.717) is 46.6 Å². The van der Waals surface area contributed by atoms with Gasteiger partial charge in [-0.05, 0) is 65.3 Å². The van der Waals surface area contributed by atoms with Crippen LogP contribution >= 0.6 is 11.6 Å². The molecule has 0 aliphatic carbocycles. The number of amides is 1. The Morgan fingerprint density at radius 2 is 2.00 bits per heavy atom. The highest BCUT2D eigenvalue weighted by atomic mass is 35.5. The average Bonchev–Trinajstić information content (AvgIpc) is 3.34. The van der Waals surface area contributed by atoms with Crippen LogP contribution in [0, 0.1) is 25.2 Å². The lowest BCUT2D eigenvalue weighted by atomic mass is 9.99. The molecule has 10 nitrogen and oxygen atoms in total. The van der Waals surface area contributed by atoms with Crippen LogP contribution in [0.15, 0.2) is 45.9 Å². The van der Waals surface area contributed by atoms with Crippen LogP contribution in [0.4, 0.5) is 10.5 Å². The summed E-state index contributed by atoms with van der Waals surface area (Å²) in [4.78, 5) is 31.6. The number of ether oxygens (including phenoxy) is 1. The molecule has 0 saturated carbocycles. The fraction of sp³-hybridized carbons (Fsp3) is 0.367. The molecule has 4 heterocycles. The average molecular weight is 575 g/mol. The number of hydrogen-bond donors (Lipinski definition) is 1. The van der Waals surface area contributed by atoms with Crippen molar-refractivity contribution < 1.29 is 13.9 Å². The summed E-state index contributed by atoms with van der Waals surface area (Å²) in [7, 11) is 0. The van der Waals surface area contributed by atoms with Crippen LogP contribution < -0.4 is 10.7 Å². The fourth-order valence-corrected chi connectivity index (χ4v) is 5.01. The second kappa shape index (κ2) is 10.6. The summed E-state index contributed by atoms with van der Waals surface area (Å²) >= 11 is 5.96. The van der Waals surface area contributed by atoms with E-state index in [9.17, 15) is 14.9 Å².